The van der Waals surface area contributed by atoms with Gasteiger partial charge in [-0.25, -0.2) is 0 Å². The Morgan fingerprint density at radius 2 is 1.95 bits per heavy atom. The predicted molar refractivity (Wildman–Crippen MR) is 71.5 cm³/mol. The van der Waals surface area contributed by atoms with E-state index >= 15 is 0 Å². The Morgan fingerprint density at radius 1 is 1.25 bits per heavy atom. The van der Waals surface area contributed by atoms with Crippen LogP contribution in [0, 0.1) is 0 Å². The zero-order valence-electron chi connectivity index (χ0n) is 10.8. The van der Waals surface area contributed by atoms with Crippen LogP contribution in [0.3, 0.4) is 0 Å². The van der Waals surface area contributed by atoms with Crippen molar-refractivity contribution in [1.82, 2.24) is 14.9 Å². The van der Waals surface area contributed by atoms with Crippen LogP contribution in [0.1, 0.15) is 29.0 Å². The van der Waals surface area contributed by atoms with Crippen molar-refractivity contribution in [3.63, 3.8) is 0 Å². The summed E-state index contributed by atoms with van der Waals surface area (Å²) in [6.07, 6.45) is -2.00. The summed E-state index contributed by atoms with van der Waals surface area (Å²) in [6, 6.07) is 5.28. The molecule has 0 bridgehead atoms. The lowest BCUT2D eigenvalue weighted by atomic mass is 10.0. The van der Waals surface area contributed by atoms with Gasteiger partial charge < -0.3 is 5.32 Å². The molecule has 3 nitrogen and oxygen atoms in total. The molecule has 108 valence electrons. The van der Waals surface area contributed by atoms with Gasteiger partial charge in [0.05, 0.1) is 16.6 Å². The smallest absolute Gasteiger partial charge is 0.309 e. The molecule has 0 amide bonds. The van der Waals surface area contributed by atoms with Crippen molar-refractivity contribution in [2.24, 2.45) is 0 Å². The summed E-state index contributed by atoms with van der Waals surface area (Å²) < 4.78 is 41.3. The van der Waals surface area contributed by atoms with Gasteiger partial charge in [-0.15, -0.1) is 5.10 Å². The number of alkyl halides is 3. The summed E-state index contributed by atoms with van der Waals surface area (Å²) >= 11 is 1.29. The van der Waals surface area contributed by atoms with E-state index in [4.69, 9.17) is 0 Å². The van der Waals surface area contributed by atoms with E-state index in [9.17, 15) is 13.2 Å². The average molecular weight is 301 g/mol. The summed E-state index contributed by atoms with van der Waals surface area (Å²) in [5.74, 6) is 0. The first-order chi connectivity index (χ1) is 9.50. The first-order valence-electron chi connectivity index (χ1n) is 6.17. The van der Waals surface area contributed by atoms with Gasteiger partial charge in [0, 0.05) is 6.04 Å². The Hall–Kier alpha value is -1.47. The fourth-order valence-corrected chi connectivity index (χ4v) is 2.49. The highest BCUT2D eigenvalue weighted by molar-refractivity contribution is 7.05. The number of nitrogens with one attached hydrogen (secondary N) is 1. The van der Waals surface area contributed by atoms with E-state index in [1.54, 1.807) is 6.20 Å². The van der Waals surface area contributed by atoms with Gasteiger partial charge in [0.15, 0.2) is 0 Å². The first kappa shape index (κ1) is 14.9. The molecular weight excluding hydrogens is 287 g/mol. The van der Waals surface area contributed by atoms with Gasteiger partial charge in [0.2, 0.25) is 0 Å². The monoisotopic (exact) mass is 301 g/mol. The van der Waals surface area contributed by atoms with E-state index in [-0.39, 0.29) is 6.04 Å². The minimum absolute atomic E-state index is 0.0248. The minimum atomic E-state index is -4.29. The molecule has 1 aromatic carbocycles. The second-order valence-corrected chi connectivity index (χ2v) is 5.15. The van der Waals surface area contributed by atoms with Crippen molar-refractivity contribution in [2.75, 3.05) is 6.54 Å². The molecule has 1 atom stereocenters. The third-order valence-corrected chi connectivity index (χ3v) is 3.67. The van der Waals surface area contributed by atoms with Crippen LogP contribution in [0.4, 0.5) is 13.2 Å². The third kappa shape index (κ3) is 3.77. The molecule has 0 aliphatic rings. The molecule has 0 saturated carbocycles. The van der Waals surface area contributed by atoms with E-state index in [1.807, 2.05) is 6.92 Å². The Labute approximate surface area is 119 Å². The molecule has 0 aliphatic heterocycles. The summed E-state index contributed by atoms with van der Waals surface area (Å²) in [6.45, 7) is 2.75. The van der Waals surface area contributed by atoms with Crippen molar-refractivity contribution in [3.05, 3.63) is 46.5 Å². The van der Waals surface area contributed by atoms with E-state index in [2.05, 4.69) is 14.9 Å². The van der Waals surface area contributed by atoms with Gasteiger partial charge in [0.25, 0.3) is 0 Å². The van der Waals surface area contributed by atoms with Crippen molar-refractivity contribution in [1.29, 1.82) is 0 Å². The van der Waals surface area contributed by atoms with Crippen molar-refractivity contribution >= 4 is 11.5 Å². The fourth-order valence-electron chi connectivity index (χ4n) is 1.91. The number of rotatable bonds is 5. The largest absolute Gasteiger partial charge is 0.416 e. The highest BCUT2D eigenvalue weighted by atomic mass is 32.1. The lowest BCUT2D eigenvalue weighted by Crippen LogP contribution is -2.22. The molecule has 2 rings (SSSR count). The van der Waals surface area contributed by atoms with E-state index < -0.39 is 11.7 Å². The Kier molecular flexibility index (Phi) is 4.72. The number of hydrogen-bond acceptors (Lipinski definition) is 4. The zero-order valence-corrected chi connectivity index (χ0v) is 11.6. The molecule has 1 unspecified atom stereocenters. The topological polar surface area (TPSA) is 37.8 Å². The Morgan fingerprint density at radius 3 is 2.45 bits per heavy atom. The maximum Gasteiger partial charge on any atom is 0.416 e. The van der Waals surface area contributed by atoms with E-state index in [1.165, 1.54) is 23.7 Å². The molecule has 20 heavy (non-hydrogen) atoms. The molecule has 1 N–H and O–H groups in total. The number of halogens is 3. The predicted octanol–water partition coefficient (Wildman–Crippen LogP) is 3.45. The molecule has 0 radical (unpaired) electrons. The second kappa shape index (κ2) is 6.32. The summed E-state index contributed by atoms with van der Waals surface area (Å²) in [5.41, 5.74) is 0.220. The van der Waals surface area contributed by atoms with Gasteiger partial charge >= 0.3 is 6.18 Å². The van der Waals surface area contributed by atoms with Crippen LogP contribution in [0.15, 0.2) is 30.5 Å². The maximum absolute atomic E-state index is 12.5. The van der Waals surface area contributed by atoms with Crippen LogP contribution >= 0.6 is 11.5 Å². The van der Waals surface area contributed by atoms with Crippen LogP contribution in [0.5, 0.6) is 0 Å². The molecule has 7 heteroatoms. The van der Waals surface area contributed by atoms with Gasteiger partial charge in [-0.3, -0.25) is 0 Å². The SMILES string of the molecule is CCNC(Cc1ccc(C(F)(F)F)cc1)c1cnns1. The molecule has 0 fully saturated rings. The lowest BCUT2D eigenvalue weighted by molar-refractivity contribution is -0.137. The molecule has 2 aromatic rings. The molecular formula is C13H14F3N3S. The summed E-state index contributed by atoms with van der Waals surface area (Å²) in [7, 11) is 0. The Bertz CT molecular complexity index is 523. The van der Waals surface area contributed by atoms with E-state index in [0.717, 1.165) is 29.1 Å². The third-order valence-electron chi connectivity index (χ3n) is 2.89. The van der Waals surface area contributed by atoms with Gasteiger partial charge in [-0.1, -0.05) is 23.5 Å². The highest BCUT2D eigenvalue weighted by Crippen LogP contribution is 2.30. The van der Waals surface area contributed by atoms with Crippen molar-refractivity contribution < 1.29 is 13.2 Å². The van der Waals surface area contributed by atoms with Gasteiger partial charge in [0.1, 0.15) is 0 Å². The zero-order chi connectivity index (χ0) is 14.6. The molecule has 0 aliphatic carbocycles. The van der Waals surface area contributed by atoms with Crippen LogP contribution in [0.2, 0.25) is 0 Å². The number of benzene rings is 1. The van der Waals surface area contributed by atoms with Crippen LogP contribution in [0.25, 0.3) is 0 Å². The van der Waals surface area contributed by atoms with Crippen LogP contribution < -0.4 is 5.32 Å². The lowest BCUT2D eigenvalue weighted by Gasteiger charge is -2.16. The summed E-state index contributed by atoms with van der Waals surface area (Å²) in [5, 5.41) is 7.08. The van der Waals surface area contributed by atoms with Gasteiger partial charge in [-0.2, -0.15) is 13.2 Å². The first-order valence-corrected chi connectivity index (χ1v) is 6.95. The minimum Gasteiger partial charge on any atom is -0.309 e. The standard InChI is InChI=1S/C13H14F3N3S/c1-2-17-11(12-8-18-19-20-12)7-9-3-5-10(6-4-9)13(14,15)16/h3-6,8,11,17H,2,7H2,1H3. The van der Waals surface area contributed by atoms with Gasteiger partial charge in [-0.05, 0) is 42.2 Å². The quantitative estimate of drug-likeness (QED) is 0.919. The molecule has 1 heterocycles. The number of aromatic nitrogens is 2. The summed E-state index contributed by atoms with van der Waals surface area (Å²) in [4.78, 5) is 0.978. The van der Waals surface area contributed by atoms with Crippen LogP contribution in [-0.4, -0.2) is 16.1 Å². The Balaban J connectivity index is 2.11. The number of likely N-dealkylation sites (N-methyl/N-ethyl adjacent to an activating group) is 1. The average Bonchev–Trinajstić information content (AvgIpc) is 2.91. The number of hydrogen-bond donors (Lipinski definition) is 1. The second-order valence-electron chi connectivity index (χ2n) is 4.33. The molecule has 0 spiro atoms. The molecule has 0 saturated heterocycles. The van der Waals surface area contributed by atoms with E-state index in [0.29, 0.717) is 6.42 Å². The number of nitrogens with zero attached hydrogens (tertiary/aromatic N) is 2. The van der Waals surface area contributed by atoms with Crippen LogP contribution in [-0.2, 0) is 12.6 Å². The maximum atomic E-state index is 12.5. The fraction of sp³-hybridized carbons (Fsp3) is 0.385. The van der Waals surface area contributed by atoms with Crippen molar-refractivity contribution in [2.45, 2.75) is 25.6 Å². The van der Waals surface area contributed by atoms with Crippen molar-refractivity contribution in [3.8, 4) is 0 Å². The highest BCUT2D eigenvalue weighted by Gasteiger charge is 2.30. The normalized spacial score (nSPS) is 13.4. The molecule has 1 aromatic heterocycles.